The fourth-order valence-corrected chi connectivity index (χ4v) is 13.1. The van der Waals surface area contributed by atoms with Gasteiger partial charge in [0.05, 0.1) is 58.6 Å². The Morgan fingerprint density at radius 2 is 1.59 bits per heavy atom. The Morgan fingerprint density at radius 1 is 0.947 bits per heavy atom. The molecule has 4 aromatic rings. The van der Waals surface area contributed by atoms with Gasteiger partial charge in [0.25, 0.3) is 5.91 Å². The van der Waals surface area contributed by atoms with E-state index in [0.29, 0.717) is 25.3 Å². The van der Waals surface area contributed by atoms with E-state index < -0.39 is 63.7 Å². The maximum atomic E-state index is 14.5. The standard InChI is InChI=1S/C57H71F3N8O7S/c1-34(38-14-16-39(17-15-38)46-35(2)62-33-76-46)63-49(72)45-24-42(70)28-68(45)50(73)47(64-36(3)69)53(4,5)29-66-20-22-67(23-21-66)30-56(31-74-32-56)26-37-10-12-40(13-11-37)48(71)65-51-54(6,7)52(55(51,8)9)75-43-19-18-41(27-61)44(25-43)57(58,59)60/h10-19,25,33-34,42,45,47,51-52,70H,20-24,26,28-32H2,1-9H3,(H,63,72)(H,64,69)(H,65,71)/t34-,42+,45-,47+,51?,52?/m0/s1. The Labute approximate surface area is 447 Å². The van der Waals surface area contributed by atoms with E-state index in [4.69, 9.17) is 9.47 Å². The first-order valence-corrected chi connectivity index (χ1v) is 26.9. The van der Waals surface area contributed by atoms with E-state index in [1.165, 1.54) is 17.9 Å². The number of aryl methyl sites for hydroxylation is 1. The van der Waals surface area contributed by atoms with Crippen molar-refractivity contribution in [2.45, 2.75) is 118 Å². The van der Waals surface area contributed by atoms with E-state index in [1.54, 1.807) is 17.4 Å². The van der Waals surface area contributed by atoms with E-state index in [0.717, 1.165) is 78.5 Å². The number of aliphatic hydroxyl groups excluding tert-OH is 1. The summed E-state index contributed by atoms with van der Waals surface area (Å²) in [7, 11) is 0. The highest BCUT2D eigenvalue weighted by atomic mass is 32.1. The zero-order valence-corrected chi connectivity index (χ0v) is 45.7. The lowest BCUT2D eigenvalue weighted by molar-refractivity contribution is -0.164. The molecule has 1 saturated carbocycles. The Hall–Kier alpha value is -5.91. The van der Waals surface area contributed by atoms with Crippen molar-refractivity contribution in [1.82, 2.24) is 35.6 Å². The second-order valence-corrected chi connectivity index (χ2v) is 24.3. The zero-order valence-electron chi connectivity index (χ0n) is 44.8. The summed E-state index contributed by atoms with van der Waals surface area (Å²) in [5.41, 5.74) is 2.57. The summed E-state index contributed by atoms with van der Waals surface area (Å²) in [6.07, 6.45) is -5.31. The molecule has 4 aliphatic rings. The van der Waals surface area contributed by atoms with E-state index in [-0.39, 0.29) is 53.9 Å². The van der Waals surface area contributed by atoms with Crippen LogP contribution in [0.4, 0.5) is 13.2 Å². The molecule has 4 atom stereocenters. The number of hydrogen-bond donors (Lipinski definition) is 4. The van der Waals surface area contributed by atoms with Gasteiger partial charge in [0.2, 0.25) is 17.7 Å². The smallest absolute Gasteiger partial charge is 0.417 e. The molecule has 0 radical (unpaired) electrons. The number of rotatable bonds is 17. The number of hydrogen-bond acceptors (Lipinski definition) is 12. The molecule has 0 spiro atoms. The number of β-amino-alcohol motifs (C(OH)–C–C–N with tert-alkyl or cyclic N) is 1. The van der Waals surface area contributed by atoms with Gasteiger partial charge in [0, 0.05) is 92.4 Å². The van der Waals surface area contributed by atoms with Crippen molar-refractivity contribution in [2.75, 3.05) is 59.0 Å². The van der Waals surface area contributed by atoms with Crippen LogP contribution in [0.1, 0.15) is 106 Å². The number of nitriles is 1. The molecule has 0 unspecified atom stereocenters. The molecule has 4 fully saturated rings. The second-order valence-electron chi connectivity index (χ2n) is 23.4. The van der Waals surface area contributed by atoms with Crippen LogP contribution in [0.5, 0.6) is 5.75 Å². The number of halogens is 3. The van der Waals surface area contributed by atoms with Gasteiger partial charge in [-0.25, -0.2) is 4.98 Å². The molecule has 408 valence electrons. The Kier molecular flexibility index (Phi) is 16.2. The van der Waals surface area contributed by atoms with Crippen LogP contribution in [-0.4, -0.2) is 138 Å². The molecule has 4 amide bonds. The van der Waals surface area contributed by atoms with Crippen molar-refractivity contribution in [3.63, 3.8) is 0 Å². The molecular weight excluding hydrogens is 998 g/mol. The summed E-state index contributed by atoms with van der Waals surface area (Å²) in [5, 5.41) is 29.2. The number of nitrogens with one attached hydrogen (secondary N) is 3. The molecule has 0 bridgehead atoms. The summed E-state index contributed by atoms with van der Waals surface area (Å²) < 4.78 is 53.1. The lowest BCUT2D eigenvalue weighted by Crippen LogP contribution is -2.74. The number of carbonyl (C=O) groups is 4. The van der Waals surface area contributed by atoms with E-state index in [1.807, 2.05) is 109 Å². The molecule has 3 aromatic carbocycles. The first kappa shape index (κ1) is 56.3. The molecular formula is C57H71F3N8O7S. The predicted octanol–water partition coefficient (Wildman–Crippen LogP) is 7.17. The minimum absolute atomic E-state index is 0.00391. The number of aromatic nitrogens is 1. The van der Waals surface area contributed by atoms with Gasteiger partial charge in [-0.2, -0.15) is 18.4 Å². The van der Waals surface area contributed by atoms with Crippen LogP contribution in [0.15, 0.2) is 72.2 Å². The number of amides is 4. The summed E-state index contributed by atoms with van der Waals surface area (Å²) in [4.78, 5) is 66.4. The number of thiazole rings is 1. The number of nitrogens with zero attached hydrogens (tertiary/aromatic N) is 5. The minimum Gasteiger partial charge on any atom is -0.489 e. The van der Waals surface area contributed by atoms with E-state index >= 15 is 0 Å². The van der Waals surface area contributed by atoms with Crippen LogP contribution >= 0.6 is 11.3 Å². The normalized spacial score (nSPS) is 23.0. The van der Waals surface area contributed by atoms with Crippen molar-refractivity contribution in [2.24, 2.45) is 21.7 Å². The van der Waals surface area contributed by atoms with Crippen molar-refractivity contribution in [3.05, 3.63) is 106 Å². The summed E-state index contributed by atoms with van der Waals surface area (Å²) >= 11 is 1.57. The molecule has 76 heavy (non-hydrogen) atoms. The van der Waals surface area contributed by atoms with E-state index in [9.17, 15) is 42.7 Å². The molecule has 15 nitrogen and oxygen atoms in total. The van der Waals surface area contributed by atoms with Crippen molar-refractivity contribution in [1.29, 1.82) is 5.26 Å². The first-order valence-electron chi connectivity index (χ1n) is 26.0. The quantitative estimate of drug-likeness (QED) is 0.0840. The van der Waals surface area contributed by atoms with Crippen LogP contribution in [0.25, 0.3) is 10.4 Å². The number of alkyl halides is 3. The fourth-order valence-electron chi connectivity index (χ4n) is 12.3. The molecule has 3 saturated heterocycles. The molecule has 4 heterocycles. The van der Waals surface area contributed by atoms with Crippen LogP contribution in [0, 0.1) is 39.9 Å². The minimum atomic E-state index is -4.72. The van der Waals surface area contributed by atoms with Gasteiger partial charge in [0.15, 0.2) is 0 Å². The fraction of sp³-hybridized carbons (Fsp3) is 0.544. The maximum Gasteiger partial charge on any atom is 0.417 e. The monoisotopic (exact) mass is 1070 g/mol. The van der Waals surface area contributed by atoms with Crippen molar-refractivity contribution in [3.8, 4) is 22.3 Å². The van der Waals surface area contributed by atoms with Gasteiger partial charge in [-0.15, -0.1) is 11.3 Å². The van der Waals surface area contributed by atoms with Gasteiger partial charge in [-0.3, -0.25) is 19.2 Å². The second kappa shape index (κ2) is 21.8. The summed E-state index contributed by atoms with van der Waals surface area (Å²) in [6, 6.07) is 17.8. The predicted molar refractivity (Wildman–Crippen MR) is 282 cm³/mol. The highest BCUT2D eigenvalue weighted by Gasteiger charge is 2.64. The largest absolute Gasteiger partial charge is 0.489 e. The lowest BCUT2D eigenvalue weighted by Gasteiger charge is -2.63. The van der Waals surface area contributed by atoms with Crippen LogP contribution in [-0.2, 0) is 31.7 Å². The van der Waals surface area contributed by atoms with E-state index in [2.05, 4.69) is 30.7 Å². The number of likely N-dealkylation sites (tertiary alicyclic amines) is 1. The van der Waals surface area contributed by atoms with Crippen molar-refractivity contribution < 1.29 is 46.9 Å². The number of benzene rings is 3. The Balaban J connectivity index is 0.828. The lowest BCUT2D eigenvalue weighted by atomic mass is 9.49. The SMILES string of the molecule is CC(=O)N[C@H](C(=O)N1C[C@H](O)C[C@H]1C(=O)N[C@@H](C)c1ccc(-c2scnc2C)cc1)C(C)(C)CN1CCN(CC2(Cc3ccc(C(=O)NC4C(C)(C)C(Oc5ccc(C#N)c(C(F)(F)F)c5)C4(C)C)cc3)COC2)CC1. The molecule has 1 aromatic heterocycles. The van der Waals surface area contributed by atoms with Crippen LogP contribution < -0.4 is 20.7 Å². The first-order chi connectivity index (χ1) is 35.7. The third-order valence-corrected chi connectivity index (χ3v) is 17.0. The van der Waals surface area contributed by atoms with Gasteiger partial charge in [-0.1, -0.05) is 77.9 Å². The summed E-state index contributed by atoms with van der Waals surface area (Å²) in [6.45, 7) is 22.3. The average molecular weight is 1070 g/mol. The van der Waals surface area contributed by atoms with Crippen LogP contribution in [0.2, 0.25) is 0 Å². The topological polar surface area (TPSA) is 189 Å². The molecule has 19 heteroatoms. The third kappa shape index (κ3) is 12.0. The number of piperazine rings is 1. The summed E-state index contributed by atoms with van der Waals surface area (Å²) in [5.74, 6) is -1.40. The molecule has 8 rings (SSSR count). The molecule has 3 aliphatic heterocycles. The molecule has 4 N–H and O–H groups in total. The Bertz CT molecular complexity index is 2800. The van der Waals surface area contributed by atoms with Gasteiger partial charge in [-0.05, 0) is 67.3 Å². The van der Waals surface area contributed by atoms with Crippen molar-refractivity contribution >= 4 is 35.0 Å². The number of carbonyl (C=O) groups excluding carboxylic acids is 4. The number of aliphatic hydroxyl groups is 1. The van der Waals surface area contributed by atoms with Gasteiger partial charge in [0.1, 0.15) is 23.9 Å². The average Bonchev–Trinajstić information content (AvgIpc) is 3.98. The highest BCUT2D eigenvalue weighted by molar-refractivity contribution is 7.13. The molecule has 1 aliphatic carbocycles. The maximum absolute atomic E-state index is 14.5. The van der Waals surface area contributed by atoms with Gasteiger partial charge >= 0.3 is 6.18 Å². The third-order valence-electron chi connectivity index (χ3n) is 16.1. The van der Waals surface area contributed by atoms with Crippen LogP contribution in [0.3, 0.4) is 0 Å². The highest BCUT2D eigenvalue weighted by Crippen LogP contribution is 2.56. The number of ether oxygens (including phenoxy) is 2. The Morgan fingerprint density at radius 3 is 2.16 bits per heavy atom. The zero-order chi connectivity index (χ0) is 55.1. The van der Waals surface area contributed by atoms with Gasteiger partial charge < -0.3 is 45.2 Å².